The summed E-state index contributed by atoms with van der Waals surface area (Å²) in [6, 6.07) is 16.4. The zero-order chi connectivity index (χ0) is 20.5. The third kappa shape index (κ3) is 3.24. The van der Waals surface area contributed by atoms with Gasteiger partial charge in [0.05, 0.1) is 19.0 Å². The van der Waals surface area contributed by atoms with Gasteiger partial charge in [0.15, 0.2) is 17.0 Å². The molecule has 8 nitrogen and oxygen atoms in total. The van der Waals surface area contributed by atoms with E-state index in [2.05, 4.69) is 44.5 Å². The first-order valence-corrected chi connectivity index (χ1v) is 9.88. The normalized spacial score (nSPS) is 18.7. The third-order valence-corrected chi connectivity index (χ3v) is 5.45. The Morgan fingerprint density at radius 3 is 2.87 bits per heavy atom. The average Bonchev–Trinajstić information content (AvgIpc) is 3.44. The summed E-state index contributed by atoms with van der Waals surface area (Å²) in [5.41, 5.74) is 2.26. The molecule has 2 aromatic heterocycles. The van der Waals surface area contributed by atoms with Crippen molar-refractivity contribution in [3.63, 3.8) is 0 Å². The number of aliphatic hydroxyl groups excluding tert-OH is 1. The van der Waals surface area contributed by atoms with Crippen molar-refractivity contribution in [3.8, 4) is 6.07 Å². The van der Waals surface area contributed by atoms with Crippen molar-refractivity contribution in [3.05, 3.63) is 60.2 Å². The Balaban J connectivity index is 1.49. The van der Waals surface area contributed by atoms with Crippen molar-refractivity contribution < 1.29 is 9.84 Å². The van der Waals surface area contributed by atoms with Crippen LogP contribution in [0.4, 0.5) is 5.82 Å². The maximum absolute atomic E-state index is 9.43. The van der Waals surface area contributed by atoms with Crippen LogP contribution in [-0.2, 0) is 11.3 Å². The minimum atomic E-state index is -0.264. The van der Waals surface area contributed by atoms with Gasteiger partial charge in [-0.05, 0) is 29.2 Å². The zero-order valence-corrected chi connectivity index (χ0v) is 16.2. The van der Waals surface area contributed by atoms with Crippen molar-refractivity contribution in [1.82, 2.24) is 19.5 Å². The van der Waals surface area contributed by atoms with Gasteiger partial charge in [-0.1, -0.05) is 42.5 Å². The van der Waals surface area contributed by atoms with Crippen LogP contribution in [0.5, 0.6) is 0 Å². The first-order chi connectivity index (χ1) is 14.8. The Morgan fingerprint density at radius 2 is 2.03 bits per heavy atom. The van der Waals surface area contributed by atoms with E-state index in [1.165, 1.54) is 10.8 Å². The lowest BCUT2D eigenvalue weighted by atomic mass is 10.0. The van der Waals surface area contributed by atoms with Crippen LogP contribution in [0.15, 0.2) is 48.8 Å². The summed E-state index contributed by atoms with van der Waals surface area (Å²) >= 11 is 0. The second-order valence-corrected chi connectivity index (χ2v) is 7.30. The van der Waals surface area contributed by atoms with Gasteiger partial charge in [-0.15, -0.1) is 0 Å². The lowest BCUT2D eigenvalue weighted by molar-refractivity contribution is -0.0207. The SMILES string of the molecule is N#Cc1nc(NCc2cccc3ccccc23)c2ncn(C3CCC(CO)O3)c2n1. The van der Waals surface area contributed by atoms with Crippen molar-refractivity contribution in [2.45, 2.75) is 31.7 Å². The molecule has 2 atom stereocenters. The van der Waals surface area contributed by atoms with E-state index < -0.39 is 0 Å². The van der Waals surface area contributed by atoms with E-state index in [-0.39, 0.29) is 24.8 Å². The number of hydrogen-bond donors (Lipinski definition) is 2. The van der Waals surface area contributed by atoms with Crippen LogP contribution >= 0.6 is 0 Å². The molecule has 2 unspecified atom stereocenters. The van der Waals surface area contributed by atoms with Gasteiger partial charge in [-0.25, -0.2) is 4.98 Å². The molecular weight excluding hydrogens is 380 g/mol. The first-order valence-electron chi connectivity index (χ1n) is 9.88. The summed E-state index contributed by atoms with van der Waals surface area (Å²) in [6.07, 6.45) is 2.73. The largest absolute Gasteiger partial charge is 0.394 e. The molecule has 4 aromatic rings. The number of aliphatic hydroxyl groups is 1. The molecule has 5 rings (SSSR count). The highest BCUT2D eigenvalue weighted by atomic mass is 16.5. The van der Waals surface area contributed by atoms with Gasteiger partial charge in [-0.2, -0.15) is 15.2 Å². The second-order valence-electron chi connectivity index (χ2n) is 7.30. The number of aromatic nitrogens is 4. The molecule has 1 aliphatic heterocycles. The Hall–Kier alpha value is -3.54. The van der Waals surface area contributed by atoms with Crippen LogP contribution in [-0.4, -0.2) is 37.3 Å². The fourth-order valence-electron chi connectivity index (χ4n) is 3.95. The number of rotatable bonds is 5. The maximum atomic E-state index is 9.43. The molecule has 1 saturated heterocycles. The second kappa shape index (κ2) is 7.71. The van der Waals surface area contributed by atoms with Gasteiger partial charge in [0.25, 0.3) is 0 Å². The van der Waals surface area contributed by atoms with E-state index in [4.69, 9.17) is 4.74 Å². The van der Waals surface area contributed by atoms with Crippen LogP contribution in [0.1, 0.15) is 30.5 Å². The Kier molecular flexibility index (Phi) is 4.75. The molecule has 150 valence electrons. The number of hydrogen-bond acceptors (Lipinski definition) is 7. The van der Waals surface area contributed by atoms with Crippen LogP contribution in [0.2, 0.25) is 0 Å². The molecule has 8 heteroatoms. The Bertz CT molecular complexity index is 1260. The highest BCUT2D eigenvalue weighted by Gasteiger charge is 2.28. The Morgan fingerprint density at radius 1 is 1.17 bits per heavy atom. The van der Waals surface area contributed by atoms with Crippen LogP contribution in [0, 0.1) is 11.3 Å². The molecule has 3 heterocycles. The van der Waals surface area contributed by atoms with E-state index in [1.54, 1.807) is 6.33 Å². The molecule has 2 aromatic carbocycles. The zero-order valence-electron chi connectivity index (χ0n) is 16.2. The van der Waals surface area contributed by atoms with Crippen molar-refractivity contribution in [1.29, 1.82) is 5.26 Å². The van der Waals surface area contributed by atoms with Gasteiger partial charge < -0.3 is 15.2 Å². The van der Waals surface area contributed by atoms with Crippen LogP contribution in [0.3, 0.4) is 0 Å². The standard InChI is InChI=1S/C22H20N6O2/c23-10-18-26-21(24-11-15-6-3-5-14-4-1-2-7-17(14)15)20-22(27-18)28(13-25-20)19-9-8-16(12-29)30-19/h1-7,13,16,19,29H,8-9,11-12H2,(H,24,26,27). The van der Waals surface area contributed by atoms with Crippen molar-refractivity contribution in [2.75, 3.05) is 11.9 Å². The number of benzene rings is 2. The number of nitrogens with zero attached hydrogens (tertiary/aromatic N) is 5. The lowest BCUT2D eigenvalue weighted by Gasteiger charge is -2.14. The van der Waals surface area contributed by atoms with Crippen LogP contribution in [0.25, 0.3) is 21.9 Å². The number of anilines is 1. The highest BCUT2D eigenvalue weighted by molar-refractivity contribution is 5.87. The smallest absolute Gasteiger partial charge is 0.236 e. The van der Waals surface area contributed by atoms with Crippen molar-refractivity contribution in [2.24, 2.45) is 0 Å². The molecule has 0 aliphatic carbocycles. The lowest BCUT2D eigenvalue weighted by Crippen LogP contribution is -2.14. The molecule has 1 aliphatic rings. The highest BCUT2D eigenvalue weighted by Crippen LogP contribution is 2.31. The number of nitriles is 1. The molecule has 0 radical (unpaired) electrons. The minimum absolute atomic E-state index is 0.0145. The molecule has 0 saturated carbocycles. The van der Waals surface area contributed by atoms with Gasteiger partial charge in [0.2, 0.25) is 5.82 Å². The molecule has 2 N–H and O–H groups in total. The summed E-state index contributed by atoms with van der Waals surface area (Å²) in [6.45, 7) is 0.525. The number of imidazole rings is 1. The fourth-order valence-corrected chi connectivity index (χ4v) is 3.95. The van der Waals surface area contributed by atoms with E-state index >= 15 is 0 Å². The van der Waals surface area contributed by atoms with E-state index in [0.29, 0.717) is 23.5 Å². The molecule has 0 bridgehead atoms. The molecule has 30 heavy (non-hydrogen) atoms. The average molecular weight is 400 g/mol. The summed E-state index contributed by atoms with van der Waals surface area (Å²) in [5.74, 6) is 0.585. The summed E-state index contributed by atoms with van der Waals surface area (Å²) < 4.78 is 7.68. The molecule has 0 amide bonds. The summed E-state index contributed by atoms with van der Waals surface area (Å²) in [4.78, 5) is 13.2. The molecule has 0 spiro atoms. The summed E-state index contributed by atoms with van der Waals surface area (Å²) in [5, 5.41) is 24.4. The van der Waals surface area contributed by atoms with Gasteiger partial charge in [0, 0.05) is 6.54 Å². The van der Waals surface area contributed by atoms with Gasteiger partial charge >= 0.3 is 0 Å². The number of ether oxygens (including phenoxy) is 1. The van der Waals surface area contributed by atoms with Crippen molar-refractivity contribution >= 4 is 27.8 Å². The van der Waals surface area contributed by atoms with E-state index in [0.717, 1.165) is 18.4 Å². The fraction of sp³-hybridized carbons (Fsp3) is 0.273. The van der Waals surface area contributed by atoms with Gasteiger partial charge in [-0.3, -0.25) is 4.57 Å². The maximum Gasteiger partial charge on any atom is 0.236 e. The van der Waals surface area contributed by atoms with Gasteiger partial charge in [0.1, 0.15) is 12.3 Å². The quantitative estimate of drug-likeness (QED) is 0.530. The number of nitrogens with one attached hydrogen (secondary N) is 1. The third-order valence-electron chi connectivity index (χ3n) is 5.45. The first kappa shape index (κ1) is 18.5. The molecular formula is C22H20N6O2. The minimum Gasteiger partial charge on any atom is -0.394 e. The van der Waals surface area contributed by atoms with E-state index in [1.807, 2.05) is 28.8 Å². The molecule has 1 fully saturated rings. The predicted molar refractivity (Wildman–Crippen MR) is 112 cm³/mol. The van der Waals surface area contributed by atoms with E-state index in [9.17, 15) is 10.4 Å². The topological polar surface area (TPSA) is 109 Å². The predicted octanol–water partition coefficient (Wildman–Crippen LogP) is 3.13. The Labute approximate surface area is 172 Å². The number of fused-ring (bicyclic) bond motifs is 2. The monoisotopic (exact) mass is 400 g/mol. The summed E-state index contributed by atoms with van der Waals surface area (Å²) in [7, 11) is 0. The van der Waals surface area contributed by atoms with Crippen LogP contribution < -0.4 is 5.32 Å².